The molecule has 0 aliphatic heterocycles. The second-order valence-corrected chi connectivity index (χ2v) is 5.50. The van der Waals surface area contributed by atoms with Crippen molar-refractivity contribution in [3.8, 4) is 5.75 Å². The summed E-state index contributed by atoms with van der Waals surface area (Å²) in [5.74, 6) is 0.278. The van der Waals surface area contributed by atoms with Crippen LogP contribution in [0.3, 0.4) is 0 Å². The number of nitro benzene ring substituents is 1. The van der Waals surface area contributed by atoms with Crippen molar-refractivity contribution in [3.63, 3.8) is 0 Å². The maximum atomic E-state index is 11.0. The lowest BCUT2D eigenvalue weighted by Gasteiger charge is -2.20. The van der Waals surface area contributed by atoms with E-state index in [1.165, 1.54) is 6.07 Å². The first-order chi connectivity index (χ1) is 9.33. The Labute approximate surface area is 119 Å². The second kappa shape index (κ2) is 7.21. The molecule has 0 saturated carbocycles. The predicted molar refractivity (Wildman–Crippen MR) is 77.1 cm³/mol. The van der Waals surface area contributed by atoms with E-state index in [1.807, 2.05) is 0 Å². The Morgan fingerprint density at radius 3 is 2.55 bits per heavy atom. The topological polar surface area (TPSA) is 73.6 Å². The number of nitrogens with zero attached hydrogens (tertiary/aromatic N) is 1. The molecule has 112 valence electrons. The molecule has 0 aromatic heterocycles. The highest BCUT2D eigenvalue weighted by molar-refractivity contribution is 5.48. The Hall–Kier alpha value is -1.66. The summed E-state index contributed by atoms with van der Waals surface area (Å²) < 4.78 is 10.3. The third kappa shape index (κ3) is 5.54. The fourth-order valence-corrected chi connectivity index (χ4v) is 1.54. The molecule has 20 heavy (non-hydrogen) atoms. The van der Waals surface area contributed by atoms with Crippen molar-refractivity contribution in [2.75, 3.05) is 20.3 Å². The Morgan fingerprint density at radius 1 is 1.30 bits per heavy atom. The number of ether oxygens (including phenoxy) is 2. The van der Waals surface area contributed by atoms with Gasteiger partial charge in [0.2, 0.25) is 0 Å². The maximum Gasteiger partial charge on any atom is 0.310 e. The number of rotatable bonds is 7. The minimum Gasteiger partial charge on any atom is -0.484 e. The zero-order chi connectivity index (χ0) is 15.2. The number of methoxy groups -OCH3 is 1. The normalized spacial score (nSPS) is 11.4. The number of hydrogen-bond donors (Lipinski definition) is 1. The molecule has 0 aliphatic carbocycles. The average Bonchev–Trinajstić information content (AvgIpc) is 2.36. The minimum absolute atomic E-state index is 0.0150. The molecule has 6 nitrogen and oxygen atoms in total. The molecule has 0 atom stereocenters. The summed E-state index contributed by atoms with van der Waals surface area (Å²) in [4.78, 5) is 10.5. The number of hydrogen-bond acceptors (Lipinski definition) is 5. The van der Waals surface area contributed by atoms with Gasteiger partial charge in [-0.05, 0) is 32.4 Å². The summed E-state index contributed by atoms with van der Waals surface area (Å²) in [6.45, 7) is 7.49. The van der Waals surface area contributed by atoms with Gasteiger partial charge in [0.05, 0.1) is 11.5 Å². The molecule has 0 radical (unpaired) electrons. The van der Waals surface area contributed by atoms with Crippen LogP contribution in [0.2, 0.25) is 0 Å². The number of nitro groups is 1. The highest BCUT2D eigenvalue weighted by atomic mass is 16.6. The van der Waals surface area contributed by atoms with Gasteiger partial charge in [-0.2, -0.15) is 0 Å². The monoisotopic (exact) mass is 282 g/mol. The Kier molecular flexibility index (Phi) is 5.91. The highest BCUT2D eigenvalue weighted by Gasteiger charge is 2.16. The van der Waals surface area contributed by atoms with E-state index in [1.54, 1.807) is 19.2 Å². The van der Waals surface area contributed by atoms with Crippen LogP contribution in [0, 0.1) is 10.1 Å². The Bertz CT molecular complexity index is 455. The second-order valence-electron chi connectivity index (χ2n) is 5.50. The first kappa shape index (κ1) is 16.4. The fraction of sp³-hybridized carbons (Fsp3) is 0.571. The summed E-state index contributed by atoms with van der Waals surface area (Å²) in [6, 6.07) is 4.91. The first-order valence-corrected chi connectivity index (χ1v) is 6.47. The lowest BCUT2D eigenvalue weighted by molar-refractivity contribution is -0.385. The van der Waals surface area contributed by atoms with Crippen molar-refractivity contribution < 1.29 is 14.4 Å². The van der Waals surface area contributed by atoms with Gasteiger partial charge in [-0.25, -0.2) is 0 Å². The van der Waals surface area contributed by atoms with Crippen LogP contribution in [0.25, 0.3) is 0 Å². The summed E-state index contributed by atoms with van der Waals surface area (Å²) in [7, 11) is 1.56. The molecule has 0 bridgehead atoms. The lowest BCUT2D eigenvalue weighted by Crippen LogP contribution is -2.35. The van der Waals surface area contributed by atoms with Crippen molar-refractivity contribution in [3.05, 3.63) is 33.9 Å². The van der Waals surface area contributed by atoms with Crippen molar-refractivity contribution in [1.29, 1.82) is 0 Å². The van der Waals surface area contributed by atoms with Gasteiger partial charge >= 0.3 is 5.69 Å². The minimum atomic E-state index is -0.441. The summed E-state index contributed by atoms with van der Waals surface area (Å²) in [6.07, 6.45) is 0. The van der Waals surface area contributed by atoms with Crippen molar-refractivity contribution in [1.82, 2.24) is 5.32 Å². The molecular formula is C14H22N2O4. The van der Waals surface area contributed by atoms with Crippen LogP contribution >= 0.6 is 0 Å². The van der Waals surface area contributed by atoms with E-state index >= 15 is 0 Å². The zero-order valence-corrected chi connectivity index (χ0v) is 12.4. The summed E-state index contributed by atoms with van der Waals surface area (Å²) in [5.41, 5.74) is 0.900. The van der Waals surface area contributed by atoms with Crippen LogP contribution in [-0.4, -0.2) is 30.8 Å². The van der Waals surface area contributed by atoms with E-state index in [0.717, 1.165) is 5.56 Å². The molecule has 1 rings (SSSR count). The molecule has 0 spiro atoms. The molecular weight excluding hydrogens is 260 g/mol. The van der Waals surface area contributed by atoms with Crippen LogP contribution in [0.4, 0.5) is 5.69 Å². The van der Waals surface area contributed by atoms with E-state index in [4.69, 9.17) is 9.47 Å². The van der Waals surface area contributed by atoms with Gasteiger partial charge in [0.25, 0.3) is 0 Å². The standard InChI is InChI=1S/C14H22N2O4/c1-14(2,3)15-10-11-5-6-12(16(17)18)13(9-11)20-8-7-19-4/h5-6,9,15H,7-8,10H2,1-4H3. The van der Waals surface area contributed by atoms with Gasteiger partial charge in [-0.1, -0.05) is 6.07 Å². The molecule has 0 amide bonds. The molecule has 0 aliphatic rings. The SMILES string of the molecule is COCCOc1cc(CNC(C)(C)C)ccc1[N+](=O)[O-]. The fourth-order valence-electron chi connectivity index (χ4n) is 1.54. The van der Waals surface area contributed by atoms with Crippen LogP contribution in [0.1, 0.15) is 26.3 Å². The molecule has 1 N–H and O–H groups in total. The van der Waals surface area contributed by atoms with E-state index in [0.29, 0.717) is 13.2 Å². The smallest absolute Gasteiger partial charge is 0.310 e. The van der Waals surface area contributed by atoms with Gasteiger partial charge in [0.1, 0.15) is 6.61 Å². The van der Waals surface area contributed by atoms with Crippen molar-refractivity contribution in [2.45, 2.75) is 32.9 Å². The van der Waals surface area contributed by atoms with E-state index in [-0.39, 0.29) is 23.6 Å². The number of benzene rings is 1. The molecule has 0 saturated heterocycles. The Balaban J connectivity index is 2.83. The third-order valence-electron chi connectivity index (χ3n) is 2.59. The summed E-state index contributed by atoms with van der Waals surface area (Å²) >= 11 is 0. The van der Waals surface area contributed by atoms with E-state index < -0.39 is 4.92 Å². The molecule has 0 fully saturated rings. The van der Waals surface area contributed by atoms with Crippen molar-refractivity contribution in [2.24, 2.45) is 0 Å². The first-order valence-electron chi connectivity index (χ1n) is 6.47. The van der Waals surface area contributed by atoms with Crippen LogP contribution in [0.15, 0.2) is 18.2 Å². The summed E-state index contributed by atoms with van der Waals surface area (Å²) in [5, 5.41) is 14.3. The quantitative estimate of drug-likeness (QED) is 0.472. The predicted octanol–water partition coefficient (Wildman–Crippen LogP) is 2.51. The average molecular weight is 282 g/mol. The van der Waals surface area contributed by atoms with Crippen LogP contribution in [0.5, 0.6) is 5.75 Å². The van der Waals surface area contributed by atoms with Gasteiger partial charge in [0.15, 0.2) is 5.75 Å². The lowest BCUT2D eigenvalue weighted by atomic mass is 10.1. The molecule has 0 unspecified atom stereocenters. The molecule has 6 heteroatoms. The molecule has 0 heterocycles. The highest BCUT2D eigenvalue weighted by Crippen LogP contribution is 2.28. The van der Waals surface area contributed by atoms with E-state index in [9.17, 15) is 10.1 Å². The van der Waals surface area contributed by atoms with Crippen LogP contribution < -0.4 is 10.1 Å². The van der Waals surface area contributed by atoms with Gasteiger partial charge < -0.3 is 14.8 Å². The van der Waals surface area contributed by atoms with Gasteiger partial charge in [-0.15, -0.1) is 0 Å². The largest absolute Gasteiger partial charge is 0.484 e. The maximum absolute atomic E-state index is 11.0. The van der Waals surface area contributed by atoms with E-state index in [2.05, 4.69) is 26.1 Å². The van der Waals surface area contributed by atoms with Crippen LogP contribution in [-0.2, 0) is 11.3 Å². The zero-order valence-electron chi connectivity index (χ0n) is 12.4. The van der Waals surface area contributed by atoms with Crippen molar-refractivity contribution >= 4 is 5.69 Å². The number of nitrogens with one attached hydrogen (secondary N) is 1. The molecule has 1 aromatic rings. The van der Waals surface area contributed by atoms with Gasteiger partial charge in [0, 0.05) is 25.3 Å². The molecule has 1 aromatic carbocycles. The van der Waals surface area contributed by atoms with Gasteiger partial charge in [-0.3, -0.25) is 10.1 Å². The third-order valence-corrected chi connectivity index (χ3v) is 2.59. The Morgan fingerprint density at radius 2 is 2.00 bits per heavy atom.